The van der Waals surface area contributed by atoms with E-state index in [1.807, 2.05) is 66.8 Å². The molecule has 25 heteroatoms. The van der Waals surface area contributed by atoms with Crippen molar-refractivity contribution in [3.05, 3.63) is 91.4 Å². The summed E-state index contributed by atoms with van der Waals surface area (Å²) in [5, 5.41) is 28.2. The molecule has 8 heterocycles. The van der Waals surface area contributed by atoms with Gasteiger partial charge in [0, 0.05) is 84.3 Å². The van der Waals surface area contributed by atoms with Crippen molar-refractivity contribution >= 4 is 98.3 Å². The van der Waals surface area contributed by atoms with Crippen molar-refractivity contribution in [3.63, 3.8) is 0 Å². The molecule has 6 aromatic rings. The molecular weight excluding hydrogens is 1180 g/mol. The first-order valence-corrected chi connectivity index (χ1v) is 30.9. The molecule has 2 aromatic carbocycles. The Kier molecular flexibility index (Phi) is 22.3. The number of halogens is 7. The smallest absolute Gasteiger partial charge is 0.481 e. The Morgan fingerprint density at radius 1 is 0.659 bits per heavy atom. The minimum absolute atomic E-state index is 0.0680. The molecule has 6 unspecified atom stereocenters. The summed E-state index contributed by atoms with van der Waals surface area (Å²) in [6.07, 6.45) is 8.00. The number of benzene rings is 2. The van der Waals surface area contributed by atoms with Crippen LogP contribution in [0.1, 0.15) is 133 Å². The predicted molar refractivity (Wildman–Crippen MR) is 325 cm³/mol. The molecule has 8 atom stereocenters. The maximum Gasteiger partial charge on any atom is 0.490 e. The van der Waals surface area contributed by atoms with Crippen molar-refractivity contribution in [1.82, 2.24) is 49.3 Å². The van der Waals surface area contributed by atoms with Crippen LogP contribution in [-0.2, 0) is 19.1 Å². The highest BCUT2D eigenvalue weighted by atomic mass is 35.5. The highest BCUT2D eigenvalue weighted by Crippen LogP contribution is 2.36. The van der Waals surface area contributed by atoms with E-state index in [1.54, 1.807) is 12.1 Å². The van der Waals surface area contributed by atoms with Crippen LogP contribution in [0.15, 0.2) is 48.8 Å². The lowest BCUT2D eigenvalue weighted by atomic mass is 9.87. The number of alkyl halides is 3. The van der Waals surface area contributed by atoms with Gasteiger partial charge in [-0.3, -0.25) is 19.4 Å². The van der Waals surface area contributed by atoms with Crippen LogP contribution in [0, 0.1) is 37.5 Å². The van der Waals surface area contributed by atoms with Crippen molar-refractivity contribution in [2.75, 3.05) is 68.8 Å². The molecule has 4 fully saturated rings. The zero-order valence-corrected chi connectivity index (χ0v) is 52.2. The summed E-state index contributed by atoms with van der Waals surface area (Å²) in [5.74, 6) is 0.259. The summed E-state index contributed by atoms with van der Waals surface area (Å²) in [5.41, 5.74) is 6.70. The molecule has 4 saturated heterocycles. The van der Waals surface area contributed by atoms with E-state index in [1.165, 1.54) is 12.8 Å². The van der Waals surface area contributed by atoms with Gasteiger partial charge < -0.3 is 24.7 Å². The van der Waals surface area contributed by atoms with Crippen LogP contribution in [0.3, 0.4) is 0 Å². The van der Waals surface area contributed by atoms with Gasteiger partial charge in [-0.15, -0.1) is 0 Å². The average molecular weight is 1260 g/mol. The SMILES string of the molecule is CCOC(=O)CCC1CCCN(C2CCN(c3cnc4c(C)nn([C@H](C)c5ccc(Cl)cc5Cl)c4n3)CC2C)C1.Cc1nn([C@H](C)c2ccc(Cl)cc2Cl)c2nc(N3CCC(N4CCCC(CCC(=O)O)C4)C(C)C3)cnc12.O=C(O)C(F)(F)F. The van der Waals surface area contributed by atoms with Crippen LogP contribution >= 0.6 is 46.4 Å². The van der Waals surface area contributed by atoms with Crippen LogP contribution in [0.5, 0.6) is 0 Å². The van der Waals surface area contributed by atoms with E-state index >= 15 is 0 Å². The van der Waals surface area contributed by atoms with Crippen LogP contribution in [0.2, 0.25) is 20.1 Å². The lowest BCUT2D eigenvalue weighted by molar-refractivity contribution is -0.192. The quantitative estimate of drug-likeness (QED) is 0.0919. The molecule has 462 valence electrons. The average Bonchev–Trinajstić information content (AvgIpc) is 2.00. The molecule has 4 aliphatic rings. The van der Waals surface area contributed by atoms with Crippen LogP contribution in [0.25, 0.3) is 22.3 Å². The number of carboxylic acids is 2. The largest absolute Gasteiger partial charge is 0.490 e. The first kappa shape index (κ1) is 65.4. The number of fused-ring (bicyclic) bond motifs is 2. The fraction of sp³-hybridized carbons (Fsp3) is 0.583. The number of anilines is 2. The second kappa shape index (κ2) is 29.0. The van der Waals surface area contributed by atoms with Gasteiger partial charge in [-0.25, -0.2) is 34.1 Å². The third kappa shape index (κ3) is 16.3. The zero-order valence-electron chi connectivity index (χ0n) is 49.2. The molecule has 0 amide bonds. The maximum absolute atomic E-state index is 11.9. The molecule has 10 rings (SSSR count). The number of ether oxygens (including phenoxy) is 1. The third-order valence-corrected chi connectivity index (χ3v) is 18.3. The molecule has 0 bridgehead atoms. The molecule has 4 aromatic heterocycles. The van der Waals surface area contributed by atoms with E-state index in [0.29, 0.717) is 68.9 Å². The van der Waals surface area contributed by atoms with E-state index in [9.17, 15) is 22.8 Å². The Labute approximate surface area is 514 Å². The number of esters is 1. The first-order valence-electron chi connectivity index (χ1n) is 29.4. The number of rotatable bonds is 15. The van der Waals surface area contributed by atoms with Crippen molar-refractivity contribution in [3.8, 4) is 0 Å². The summed E-state index contributed by atoms with van der Waals surface area (Å²) in [7, 11) is 0. The predicted octanol–water partition coefficient (Wildman–Crippen LogP) is 12.8. The highest BCUT2D eigenvalue weighted by Gasteiger charge is 2.39. The number of aliphatic carboxylic acids is 2. The van der Waals surface area contributed by atoms with Crippen molar-refractivity contribution < 1.29 is 42.5 Å². The van der Waals surface area contributed by atoms with Gasteiger partial charge >= 0.3 is 24.1 Å². The van der Waals surface area contributed by atoms with Gasteiger partial charge in [-0.1, -0.05) is 72.4 Å². The highest BCUT2D eigenvalue weighted by molar-refractivity contribution is 6.35. The summed E-state index contributed by atoms with van der Waals surface area (Å²) < 4.78 is 40.7. The van der Waals surface area contributed by atoms with Gasteiger partial charge in [0.05, 0.1) is 42.5 Å². The van der Waals surface area contributed by atoms with Gasteiger partial charge in [0.25, 0.3) is 0 Å². The van der Waals surface area contributed by atoms with Gasteiger partial charge in [0.2, 0.25) is 0 Å². The maximum atomic E-state index is 11.9. The second-order valence-electron chi connectivity index (χ2n) is 23.2. The molecule has 0 spiro atoms. The number of likely N-dealkylation sites (tertiary alicyclic amines) is 2. The Hall–Kier alpha value is -5.58. The molecule has 85 heavy (non-hydrogen) atoms. The lowest BCUT2D eigenvalue weighted by Gasteiger charge is -2.46. The number of piperidine rings is 4. The second-order valence-corrected chi connectivity index (χ2v) is 24.9. The van der Waals surface area contributed by atoms with E-state index in [4.69, 9.17) is 96.3 Å². The molecular formula is C60H77Cl4F3N12O6. The normalized spacial score (nSPS) is 22.3. The number of carbonyl (C=O) groups excluding carboxylic acids is 1. The number of aryl methyl sites for hydroxylation is 2. The number of nitrogens with zero attached hydrogens (tertiary/aromatic N) is 12. The van der Waals surface area contributed by atoms with Crippen molar-refractivity contribution in [2.45, 2.75) is 143 Å². The Morgan fingerprint density at radius 3 is 1.46 bits per heavy atom. The Morgan fingerprint density at radius 2 is 1.08 bits per heavy atom. The van der Waals surface area contributed by atoms with Crippen LogP contribution in [0.4, 0.5) is 24.8 Å². The summed E-state index contributed by atoms with van der Waals surface area (Å²) in [6.45, 7) is 23.1. The number of carboxylic acid groups (broad SMARTS) is 2. The van der Waals surface area contributed by atoms with Crippen LogP contribution in [-0.4, -0.2) is 155 Å². The fourth-order valence-corrected chi connectivity index (χ4v) is 13.9. The summed E-state index contributed by atoms with van der Waals surface area (Å²) in [6, 6.07) is 11.9. The first-order chi connectivity index (χ1) is 40.4. The van der Waals surface area contributed by atoms with Gasteiger partial charge in [0.1, 0.15) is 22.7 Å². The minimum atomic E-state index is -5.08. The summed E-state index contributed by atoms with van der Waals surface area (Å²) in [4.78, 5) is 61.5. The molecule has 2 N–H and O–H groups in total. The monoisotopic (exact) mass is 1260 g/mol. The number of hydrogen-bond donors (Lipinski definition) is 2. The number of aromatic nitrogens is 8. The summed E-state index contributed by atoms with van der Waals surface area (Å²) >= 11 is 25.3. The molecule has 0 aliphatic carbocycles. The van der Waals surface area contributed by atoms with Gasteiger partial charge in [0.15, 0.2) is 11.3 Å². The fourth-order valence-electron chi connectivity index (χ4n) is 12.8. The number of carbonyl (C=O) groups is 3. The standard InChI is InChI=1S/C30H40Cl2N6O2.C28H36Cl2N6O2.C2HF3O2/c1-5-40-28(39)11-8-22-7-6-13-36(18-22)26-12-14-37(17-19(26)2)27-16-33-29-20(3)35-38(30(29)34-27)21(4)24-10-9-23(31)15-25(24)32;1-17-15-35(12-10-24(17)34-11-4-5-20(16-34)6-9-26(37)38)25-14-31-27-18(2)33-36(28(27)32-25)19(3)22-8-7-21(29)13-23(22)30;3-2(4,5)1(6)7/h9-10,15-16,19,21-22,26H,5-8,11-14,17-18H2,1-4H3;7-8,13-14,17,19-20,24H,4-6,9-12,15-16H2,1-3H3,(H,37,38);(H,6,7)/t19?,21-,22?,26?;17?,19-,20?,24?;/m11./s1. The molecule has 0 radical (unpaired) electrons. The van der Waals surface area contributed by atoms with E-state index in [-0.39, 0.29) is 24.5 Å². The van der Waals surface area contributed by atoms with Gasteiger partial charge in [-0.05, 0) is 158 Å². The zero-order chi connectivity index (χ0) is 61.4. The topological polar surface area (TPSA) is 201 Å². The van der Waals surface area contributed by atoms with Gasteiger partial charge in [-0.2, -0.15) is 23.4 Å². The minimum Gasteiger partial charge on any atom is -0.481 e. The molecule has 4 aliphatic heterocycles. The number of hydrogen-bond acceptors (Lipinski definition) is 14. The Bertz CT molecular complexity index is 3300. The third-order valence-electron chi connectivity index (χ3n) is 17.2. The Balaban J connectivity index is 0.000000199. The van der Waals surface area contributed by atoms with E-state index < -0.39 is 18.1 Å². The van der Waals surface area contributed by atoms with Crippen molar-refractivity contribution in [2.24, 2.45) is 23.7 Å². The van der Waals surface area contributed by atoms with E-state index in [2.05, 4.69) is 47.3 Å². The van der Waals surface area contributed by atoms with Crippen molar-refractivity contribution in [1.29, 1.82) is 0 Å². The lowest BCUT2D eigenvalue weighted by Crippen LogP contribution is -2.53. The molecule has 0 saturated carbocycles. The molecule has 18 nitrogen and oxygen atoms in total. The van der Waals surface area contributed by atoms with E-state index in [0.717, 1.165) is 147 Å². The van der Waals surface area contributed by atoms with Crippen LogP contribution < -0.4 is 9.80 Å².